The first kappa shape index (κ1) is 41.7. The van der Waals surface area contributed by atoms with E-state index in [0.29, 0.717) is 28.8 Å². The van der Waals surface area contributed by atoms with Crippen LogP contribution in [0.5, 0.6) is 0 Å². The highest BCUT2D eigenvalue weighted by atomic mass is 19.4. The number of nitrogens with zero attached hydrogens (tertiary/aromatic N) is 8. The lowest BCUT2D eigenvalue weighted by Crippen LogP contribution is -2.36. The summed E-state index contributed by atoms with van der Waals surface area (Å²) < 4.78 is 91.8. The summed E-state index contributed by atoms with van der Waals surface area (Å²) in [7, 11) is 1.75. The van der Waals surface area contributed by atoms with E-state index in [1.54, 1.807) is 53.2 Å². The molecule has 16 heteroatoms. The number of rotatable bonds is 7. The van der Waals surface area contributed by atoms with Crippen LogP contribution in [0.2, 0.25) is 0 Å². The summed E-state index contributed by atoms with van der Waals surface area (Å²) in [6.45, 7) is 10.9. The number of halogens is 6. The molecular weight excluding hydrogens is 750 g/mol. The Morgan fingerprint density at radius 1 is 0.649 bits per heavy atom. The molecule has 10 nitrogen and oxygen atoms in total. The second kappa shape index (κ2) is 18.6. The van der Waals surface area contributed by atoms with Gasteiger partial charge in [0, 0.05) is 101 Å². The number of ether oxygens (including phenoxy) is 2. The number of pyridine rings is 4. The van der Waals surface area contributed by atoms with E-state index < -0.39 is 23.7 Å². The largest absolute Gasteiger partial charge is 0.433 e. The first-order chi connectivity index (χ1) is 27.4. The summed E-state index contributed by atoms with van der Waals surface area (Å²) >= 11 is 0. The summed E-state index contributed by atoms with van der Waals surface area (Å²) in [5.74, 6) is 0. The van der Waals surface area contributed by atoms with Gasteiger partial charge in [0.05, 0.1) is 24.1 Å². The van der Waals surface area contributed by atoms with Crippen molar-refractivity contribution in [2.75, 3.05) is 46.5 Å². The zero-order valence-corrected chi connectivity index (χ0v) is 32.1. The maximum atomic E-state index is 12.9. The first-order valence-electron chi connectivity index (χ1n) is 19.0. The molecular formula is C41H46F6N8O2. The first-order valence-corrected chi connectivity index (χ1v) is 19.0. The lowest BCUT2D eigenvalue weighted by molar-refractivity contribution is -0.141. The molecule has 0 amide bonds. The molecule has 0 N–H and O–H groups in total. The lowest BCUT2D eigenvalue weighted by Gasteiger charge is -2.31. The van der Waals surface area contributed by atoms with Gasteiger partial charge >= 0.3 is 12.4 Å². The van der Waals surface area contributed by atoms with E-state index in [2.05, 4.69) is 29.7 Å². The quantitative estimate of drug-likeness (QED) is 0.148. The van der Waals surface area contributed by atoms with Gasteiger partial charge in [-0.25, -0.2) is 9.97 Å². The van der Waals surface area contributed by atoms with Crippen LogP contribution in [0.3, 0.4) is 0 Å². The number of hydrogen-bond acceptors (Lipinski definition) is 8. The van der Waals surface area contributed by atoms with Crippen LogP contribution in [-0.2, 0) is 34.9 Å². The molecule has 0 aromatic carbocycles. The summed E-state index contributed by atoms with van der Waals surface area (Å²) in [6, 6.07) is 13.0. The average Bonchev–Trinajstić information content (AvgIpc) is 3.74. The van der Waals surface area contributed by atoms with Crippen molar-refractivity contribution in [1.29, 1.82) is 0 Å². The van der Waals surface area contributed by atoms with E-state index in [9.17, 15) is 26.3 Å². The Balaban J connectivity index is 0.000000185. The van der Waals surface area contributed by atoms with Gasteiger partial charge in [-0.1, -0.05) is 13.8 Å². The van der Waals surface area contributed by atoms with Crippen LogP contribution in [0.4, 0.5) is 26.3 Å². The minimum atomic E-state index is -4.48. The molecule has 8 rings (SSSR count). The molecule has 0 saturated carbocycles. The molecule has 0 atom stereocenters. The van der Waals surface area contributed by atoms with Crippen LogP contribution in [0.1, 0.15) is 55.6 Å². The molecule has 0 unspecified atom stereocenters. The van der Waals surface area contributed by atoms with Crippen molar-refractivity contribution < 1.29 is 35.8 Å². The summed E-state index contributed by atoms with van der Waals surface area (Å²) in [6.07, 6.45) is 3.83. The van der Waals surface area contributed by atoms with Gasteiger partial charge < -0.3 is 18.6 Å². The van der Waals surface area contributed by atoms with Crippen molar-refractivity contribution in [1.82, 2.24) is 38.9 Å². The normalized spacial score (nSPS) is 16.2. The van der Waals surface area contributed by atoms with Gasteiger partial charge in [0.2, 0.25) is 0 Å². The van der Waals surface area contributed by atoms with Gasteiger partial charge in [0.25, 0.3) is 0 Å². The fourth-order valence-corrected chi connectivity index (χ4v) is 6.95. The molecule has 2 aliphatic rings. The smallest absolute Gasteiger partial charge is 0.381 e. The summed E-state index contributed by atoms with van der Waals surface area (Å²) in [4.78, 5) is 20.5. The topological polar surface area (TPSA) is 86.4 Å². The predicted molar refractivity (Wildman–Crippen MR) is 205 cm³/mol. The molecule has 0 spiro atoms. The van der Waals surface area contributed by atoms with Crippen LogP contribution in [0, 0.1) is 0 Å². The minimum Gasteiger partial charge on any atom is -0.381 e. The highest BCUT2D eigenvalue weighted by Gasteiger charge is 2.33. The van der Waals surface area contributed by atoms with Gasteiger partial charge in [-0.3, -0.25) is 19.8 Å². The molecule has 2 fully saturated rings. The fraction of sp³-hybridized carbons (Fsp3) is 0.415. The second-order valence-electron chi connectivity index (χ2n) is 13.6. The third-order valence-corrected chi connectivity index (χ3v) is 9.79. The fourth-order valence-electron chi connectivity index (χ4n) is 6.95. The summed E-state index contributed by atoms with van der Waals surface area (Å²) in [5, 5.41) is 1.79. The maximum absolute atomic E-state index is 12.9. The van der Waals surface area contributed by atoms with Crippen LogP contribution >= 0.6 is 0 Å². The average molecular weight is 797 g/mol. The Bertz CT molecular complexity index is 2200. The van der Waals surface area contributed by atoms with E-state index in [4.69, 9.17) is 9.47 Å². The van der Waals surface area contributed by atoms with Crippen LogP contribution in [0.15, 0.2) is 85.7 Å². The Hall–Kier alpha value is -4.90. The Labute approximate surface area is 327 Å². The number of likely N-dealkylation sites (tertiary alicyclic amines) is 1. The van der Waals surface area contributed by atoms with Crippen molar-refractivity contribution in [3.63, 3.8) is 0 Å². The van der Waals surface area contributed by atoms with Crippen LogP contribution < -0.4 is 0 Å². The number of alkyl halides is 6. The zero-order valence-electron chi connectivity index (χ0n) is 32.1. The number of hydrogen-bond donors (Lipinski definition) is 0. The molecule has 6 aromatic heterocycles. The predicted octanol–water partition coefficient (Wildman–Crippen LogP) is 8.74. The van der Waals surface area contributed by atoms with Crippen LogP contribution in [0.25, 0.3) is 33.4 Å². The number of methoxy groups -OCH3 is 1. The molecule has 6 aromatic rings. The second-order valence-corrected chi connectivity index (χ2v) is 13.6. The monoisotopic (exact) mass is 796 g/mol. The molecule has 57 heavy (non-hydrogen) atoms. The minimum absolute atomic E-state index is 0.341. The molecule has 0 radical (unpaired) electrons. The third-order valence-electron chi connectivity index (χ3n) is 9.79. The third kappa shape index (κ3) is 10.5. The Kier molecular flexibility index (Phi) is 13.6. The standard InChI is InChI=1S/C20H21F3N4O.C19H19F3N4O.C2H6/c1-28-17-4-7-26(8-5-17)13-14-10-15-3-9-27(19(15)25-12-14)16-2-6-24-18(11-16)20(21,22)23;20-19(21,22)17-11-16(2-4-23-17)26-6-3-15-10-14(12-24-18(15)26)13-25-5-1-8-27-9-7-25;1-2/h2-3,6,9-12,17H,4-5,7-8,13H2,1H3;2-4,6,10-12H,1,5,7-9,13H2;1-2H3. The highest BCUT2D eigenvalue weighted by Crippen LogP contribution is 2.31. The van der Waals surface area contributed by atoms with Crippen molar-refractivity contribution in [3.05, 3.63) is 108 Å². The van der Waals surface area contributed by atoms with Gasteiger partial charge in [-0.2, -0.15) is 26.3 Å². The van der Waals surface area contributed by atoms with E-state index in [1.165, 1.54) is 12.4 Å². The number of fused-ring (bicyclic) bond motifs is 2. The van der Waals surface area contributed by atoms with Crippen molar-refractivity contribution in [2.45, 2.75) is 64.7 Å². The molecule has 0 aliphatic carbocycles. The van der Waals surface area contributed by atoms with Gasteiger partial charge in [0.1, 0.15) is 22.7 Å². The van der Waals surface area contributed by atoms with E-state index in [-0.39, 0.29) is 0 Å². The SMILES string of the molecule is CC.COC1CCN(Cc2cnc3c(ccn3-c3ccnc(C(F)(F)F)c3)c2)CC1.FC(F)(F)c1cc(-n2ccc3cc(CN4CCCOCC4)cnc32)ccn1. The molecule has 2 saturated heterocycles. The molecule has 8 heterocycles. The van der Waals surface area contributed by atoms with E-state index in [1.807, 2.05) is 38.1 Å². The molecule has 0 bridgehead atoms. The van der Waals surface area contributed by atoms with E-state index in [0.717, 1.165) is 106 Å². The summed E-state index contributed by atoms with van der Waals surface area (Å²) in [5.41, 5.74) is 2.36. The van der Waals surface area contributed by atoms with Gasteiger partial charge in [-0.05, 0) is 78.9 Å². The van der Waals surface area contributed by atoms with Gasteiger partial charge in [0.15, 0.2) is 0 Å². The van der Waals surface area contributed by atoms with E-state index >= 15 is 0 Å². The van der Waals surface area contributed by atoms with Crippen LogP contribution in [-0.4, -0.2) is 91.5 Å². The Morgan fingerprint density at radius 2 is 1.14 bits per heavy atom. The zero-order chi connectivity index (χ0) is 40.6. The molecule has 304 valence electrons. The Morgan fingerprint density at radius 3 is 1.61 bits per heavy atom. The number of aromatic nitrogens is 6. The van der Waals surface area contributed by atoms with Crippen molar-refractivity contribution >= 4 is 22.1 Å². The van der Waals surface area contributed by atoms with Crippen molar-refractivity contribution in [2.24, 2.45) is 0 Å². The van der Waals surface area contributed by atoms with Crippen molar-refractivity contribution in [3.8, 4) is 11.4 Å². The number of piperidine rings is 1. The molecule has 2 aliphatic heterocycles. The lowest BCUT2D eigenvalue weighted by atomic mass is 10.1. The van der Waals surface area contributed by atoms with Gasteiger partial charge in [-0.15, -0.1) is 0 Å². The highest BCUT2D eigenvalue weighted by molar-refractivity contribution is 5.79. The maximum Gasteiger partial charge on any atom is 0.433 e.